The van der Waals surface area contributed by atoms with Gasteiger partial charge in [-0.25, -0.2) is 15.0 Å². The van der Waals surface area contributed by atoms with E-state index in [1.54, 1.807) is 13.4 Å². The van der Waals surface area contributed by atoms with Gasteiger partial charge in [-0.2, -0.15) is 0 Å². The number of anilines is 2. The molecule has 1 aliphatic heterocycles. The predicted octanol–water partition coefficient (Wildman–Crippen LogP) is 1.99. The Labute approximate surface area is 138 Å². The fourth-order valence-corrected chi connectivity index (χ4v) is 2.58. The molecule has 1 aliphatic rings. The van der Waals surface area contributed by atoms with Crippen molar-refractivity contribution in [3.8, 4) is 11.5 Å². The Kier molecular flexibility index (Phi) is 3.87. The normalized spacial score (nSPS) is 13.2. The van der Waals surface area contributed by atoms with Gasteiger partial charge in [-0.1, -0.05) is 0 Å². The molecule has 0 unspecified atom stereocenters. The molecule has 8 nitrogen and oxygen atoms in total. The Morgan fingerprint density at radius 1 is 1.17 bits per heavy atom. The molecule has 0 saturated heterocycles. The molecule has 24 heavy (non-hydrogen) atoms. The maximum atomic E-state index is 5.61. The molecule has 8 heteroatoms. The lowest BCUT2D eigenvalue weighted by Gasteiger charge is -2.19. The van der Waals surface area contributed by atoms with Crippen LogP contribution in [0.1, 0.15) is 0 Å². The van der Waals surface area contributed by atoms with Gasteiger partial charge in [-0.15, -0.1) is 0 Å². The van der Waals surface area contributed by atoms with E-state index < -0.39 is 0 Å². The summed E-state index contributed by atoms with van der Waals surface area (Å²) >= 11 is 0. The van der Waals surface area contributed by atoms with Crippen LogP contribution in [0.25, 0.3) is 11.2 Å². The smallest absolute Gasteiger partial charge is 0.165 e. The van der Waals surface area contributed by atoms with Crippen LogP contribution in [0.4, 0.5) is 11.5 Å². The number of benzene rings is 1. The zero-order valence-corrected chi connectivity index (χ0v) is 13.2. The standard InChI is InChI=1S/C16H17N5O3/c1-22-5-4-21-10-19-14-15(17-9-18-16(14)21)20-11-2-3-12-13(8-11)24-7-6-23-12/h2-3,8-10H,4-7H2,1H3,(H,17,18,20). The zero-order valence-electron chi connectivity index (χ0n) is 13.2. The van der Waals surface area contributed by atoms with Gasteiger partial charge in [0, 0.05) is 25.4 Å². The molecule has 3 heterocycles. The van der Waals surface area contributed by atoms with Crippen molar-refractivity contribution in [3.63, 3.8) is 0 Å². The Hall–Kier alpha value is -2.87. The maximum Gasteiger partial charge on any atom is 0.165 e. The summed E-state index contributed by atoms with van der Waals surface area (Å²) in [6, 6.07) is 5.69. The molecule has 0 amide bonds. The van der Waals surface area contributed by atoms with Crippen molar-refractivity contribution in [2.24, 2.45) is 0 Å². The molecule has 0 bridgehead atoms. The van der Waals surface area contributed by atoms with Crippen LogP contribution >= 0.6 is 0 Å². The van der Waals surface area contributed by atoms with Gasteiger partial charge in [-0.3, -0.25) is 0 Å². The van der Waals surface area contributed by atoms with Gasteiger partial charge >= 0.3 is 0 Å². The molecule has 0 atom stereocenters. The van der Waals surface area contributed by atoms with E-state index in [1.165, 1.54) is 6.33 Å². The van der Waals surface area contributed by atoms with Crippen LogP contribution in [0.5, 0.6) is 11.5 Å². The third-order valence-corrected chi connectivity index (χ3v) is 3.74. The monoisotopic (exact) mass is 327 g/mol. The van der Waals surface area contributed by atoms with E-state index in [0.717, 1.165) is 22.8 Å². The van der Waals surface area contributed by atoms with E-state index in [-0.39, 0.29) is 0 Å². The fourth-order valence-electron chi connectivity index (χ4n) is 2.58. The van der Waals surface area contributed by atoms with Crippen LogP contribution in [-0.2, 0) is 11.3 Å². The molecule has 0 aliphatic carbocycles. The lowest BCUT2D eigenvalue weighted by atomic mass is 10.2. The van der Waals surface area contributed by atoms with Crippen LogP contribution in [0.3, 0.4) is 0 Å². The van der Waals surface area contributed by atoms with Crippen LogP contribution in [0.2, 0.25) is 0 Å². The Morgan fingerprint density at radius 3 is 2.92 bits per heavy atom. The fraction of sp³-hybridized carbons (Fsp3) is 0.312. The van der Waals surface area contributed by atoms with Crippen LogP contribution in [0.15, 0.2) is 30.9 Å². The lowest BCUT2D eigenvalue weighted by Crippen LogP contribution is -2.15. The third-order valence-electron chi connectivity index (χ3n) is 3.74. The number of nitrogens with zero attached hydrogens (tertiary/aromatic N) is 4. The molecule has 124 valence electrons. The molecular weight excluding hydrogens is 310 g/mol. The SMILES string of the molecule is COCCn1cnc2c(Nc3ccc4c(c3)OCCO4)ncnc21. The lowest BCUT2D eigenvalue weighted by molar-refractivity contribution is 0.171. The molecule has 2 aromatic heterocycles. The average molecular weight is 327 g/mol. The number of nitrogens with one attached hydrogen (secondary N) is 1. The van der Waals surface area contributed by atoms with Gasteiger partial charge in [0.25, 0.3) is 0 Å². The maximum absolute atomic E-state index is 5.61. The highest BCUT2D eigenvalue weighted by atomic mass is 16.6. The minimum atomic E-state index is 0.554. The van der Waals surface area contributed by atoms with Crippen LogP contribution < -0.4 is 14.8 Å². The topological polar surface area (TPSA) is 83.3 Å². The number of ether oxygens (including phenoxy) is 3. The van der Waals surface area contributed by atoms with Crippen molar-refractivity contribution in [3.05, 3.63) is 30.9 Å². The van der Waals surface area contributed by atoms with E-state index >= 15 is 0 Å². The van der Waals surface area contributed by atoms with Gasteiger partial charge in [0.2, 0.25) is 0 Å². The summed E-state index contributed by atoms with van der Waals surface area (Å²) in [5.74, 6) is 2.12. The van der Waals surface area contributed by atoms with Gasteiger partial charge in [0.05, 0.1) is 12.9 Å². The summed E-state index contributed by atoms with van der Waals surface area (Å²) in [6.07, 6.45) is 3.26. The third kappa shape index (κ3) is 2.71. The number of aromatic nitrogens is 4. The van der Waals surface area contributed by atoms with Gasteiger partial charge in [-0.05, 0) is 12.1 Å². The molecule has 0 fully saturated rings. The first-order valence-electron chi connectivity index (χ1n) is 7.66. The number of fused-ring (bicyclic) bond motifs is 2. The summed E-state index contributed by atoms with van der Waals surface area (Å²) in [5.41, 5.74) is 2.33. The minimum absolute atomic E-state index is 0.554. The summed E-state index contributed by atoms with van der Waals surface area (Å²) in [5, 5.41) is 3.27. The number of rotatable bonds is 5. The quantitative estimate of drug-likeness (QED) is 0.767. The van der Waals surface area contributed by atoms with Gasteiger partial charge < -0.3 is 24.1 Å². The highest BCUT2D eigenvalue weighted by Gasteiger charge is 2.14. The average Bonchev–Trinajstić information content (AvgIpc) is 3.04. The van der Waals surface area contributed by atoms with E-state index in [9.17, 15) is 0 Å². The van der Waals surface area contributed by atoms with E-state index in [4.69, 9.17) is 14.2 Å². The minimum Gasteiger partial charge on any atom is -0.486 e. The van der Waals surface area contributed by atoms with Crippen LogP contribution in [0, 0.1) is 0 Å². The first-order chi connectivity index (χ1) is 11.8. The summed E-state index contributed by atoms with van der Waals surface area (Å²) in [4.78, 5) is 13.0. The summed E-state index contributed by atoms with van der Waals surface area (Å²) in [6.45, 7) is 2.41. The van der Waals surface area contributed by atoms with Crippen LogP contribution in [-0.4, -0.2) is 46.4 Å². The Morgan fingerprint density at radius 2 is 2.04 bits per heavy atom. The summed E-state index contributed by atoms with van der Waals surface area (Å²) in [7, 11) is 1.67. The Bertz CT molecular complexity index is 864. The molecule has 3 aromatic rings. The molecule has 0 saturated carbocycles. The second-order valence-corrected chi connectivity index (χ2v) is 5.31. The van der Waals surface area contributed by atoms with Gasteiger partial charge in [0.15, 0.2) is 28.5 Å². The molecular formula is C16H17N5O3. The van der Waals surface area contributed by atoms with Gasteiger partial charge in [0.1, 0.15) is 19.5 Å². The van der Waals surface area contributed by atoms with Crippen molar-refractivity contribution in [1.82, 2.24) is 19.5 Å². The molecule has 4 rings (SSSR count). The highest BCUT2D eigenvalue weighted by Crippen LogP contribution is 2.34. The van der Waals surface area contributed by atoms with E-state index in [0.29, 0.717) is 37.7 Å². The number of hydrogen-bond acceptors (Lipinski definition) is 7. The second kappa shape index (κ2) is 6.32. The molecule has 0 spiro atoms. The first kappa shape index (κ1) is 14.7. The number of hydrogen-bond donors (Lipinski definition) is 1. The van der Waals surface area contributed by atoms with E-state index in [1.807, 2.05) is 22.8 Å². The predicted molar refractivity (Wildman–Crippen MR) is 87.9 cm³/mol. The first-order valence-corrected chi connectivity index (χ1v) is 7.66. The summed E-state index contributed by atoms with van der Waals surface area (Å²) < 4.78 is 18.2. The highest BCUT2D eigenvalue weighted by molar-refractivity contribution is 5.85. The van der Waals surface area contributed by atoms with Crippen molar-refractivity contribution in [2.45, 2.75) is 6.54 Å². The Balaban J connectivity index is 1.63. The molecule has 0 radical (unpaired) electrons. The molecule has 1 aromatic carbocycles. The van der Waals surface area contributed by atoms with Crippen molar-refractivity contribution in [1.29, 1.82) is 0 Å². The zero-order chi connectivity index (χ0) is 16.4. The van der Waals surface area contributed by atoms with Crippen molar-refractivity contribution in [2.75, 3.05) is 32.2 Å². The van der Waals surface area contributed by atoms with Crippen molar-refractivity contribution < 1.29 is 14.2 Å². The van der Waals surface area contributed by atoms with E-state index in [2.05, 4.69) is 20.3 Å². The second-order valence-electron chi connectivity index (χ2n) is 5.31. The van der Waals surface area contributed by atoms with Crippen molar-refractivity contribution >= 4 is 22.7 Å². The number of imidazole rings is 1. The largest absolute Gasteiger partial charge is 0.486 e. The molecule has 1 N–H and O–H groups in total. The number of methoxy groups -OCH3 is 1.